The molecule has 3 aromatic heterocycles. The first kappa shape index (κ1) is 23.0. The van der Waals surface area contributed by atoms with Gasteiger partial charge in [-0.25, -0.2) is 19.2 Å². The van der Waals surface area contributed by atoms with Crippen molar-refractivity contribution in [1.29, 1.82) is 0 Å². The monoisotopic (exact) mass is 516 g/mol. The van der Waals surface area contributed by atoms with Gasteiger partial charge in [-0.1, -0.05) is 36.4 Å². The van der Waals surface area contributed by atoms with E-state index in [0.29, 0.717) is 23.2 Å². The molecule has 1 aliphatic rings. The second kappa shape index (κ2) is 8.98. The van der Waals surface area contributed by atoms with E-state index in [1.165, 1.54) is 0 Å². The summed E-state index contributed by atoms with van der Waals surface area (Å²) in [5, 5.41) is 9.64. The minimum Gasteiger partial charge on any atom is -0.497 e. The normalized spacial score (nSPS) is 14.0. The Hall–Kier alpha value is -5.18. The number of rotatable bonds is 5. The Balaban J connectivity index is 1.48. The number of ether oxygens (including phenoxy) is 3. The molecule has 39 heavy (non-hydrogen) atoms. The summed E-state index contributed by atoms with van der Waals surface area (Å²) in [6, 6.07) is 25.6. The second-order valence-electron chi connectivity index (χ2n) is 9.22. The third-order valence-electron chi connectivity index (χ3n) is 7.02. The Morgan fingerprint density at radius 1 is 0.821 bits per heavy atom. The lowest BCUT2D eigenvalue weighted by atomic mass is 9.84. The highest BCUT2D eigenvalue weighted by atomic mass is 16.5. The van der Waals surface area contributed by atoms with Crippen LogP contribution in [0.3, 0.4) is 0 Å². The maximum absolute atomic E-state index is 6.51. The molecule has 0 saturated carbocycles. The van der Waals surface area contributed by atoms with E-state index in [0.717, 1.165) is 45.1 Å². The zero-order chi connectivity index (χ0) is 26.5. The van der Waals surface area contributed by atoms with E-state index in [9.17, 15) is 0 Å². The number of benzene rings is 3. The lowest BCUT2D eigenvalue weighted by molar-refractivity contribution is 0.393. The molecule has 9 heteroatoms. The predicted octanol–water partition coefficient (Wildman–Crippen LogP) is 5.59. The highest BCUT2D eigenvalue weighted by Gasteiger charge is 2.39. The highest BCUT2D eigenvalue weighted by molar-refractivity contribution is 5.70. The topological polar surface area (TPSA) is 88.6 Å². The molecule has 0 spiro atoms. The van der Waals surface area contributed by atoms with Crippen molar-refractivity contribution in [1.82, 2.24) is 29.4 Å². The Bertz CT molecular complexity index is 1830. The van der Waals surface area contributed by atoms with Gasteiger partial charge in [0.1, 0.15) is 17.8 Å². The summed E-state index contributed by atoms with van der Waals surface area (Å²) in [6.45, 7) is 2.00. The van der Waals surface area contributed by atoms with Gasteiger partial charge in [0.2, 0.25) is 11.8 Å². The van der Waals surface area contributed by atoms with Crippen LogP contribution in [0.15, 0.2) is 85.2 Å². The number of aryl methyl sites for hydroxylation is 1. The number of methoxy groups -OCH3 is 2. The molecule has 7 rings (SSSR count). The molecule has 0 fully saturated rings. The van der Waals surface area contributed by atoms with Crippen molar-refractivity contribution in [2.45, 2.75) is 12.8 Å². The first-order valence-corrected chi connectivity index (χ1v) is 12.5. The number of hydrogen-bond acceptors (Lipinski definition) is 7. The first-order chi connectivity index (χ1) is 19.2. The molecule has 1 unspecified atom stereocenters. The number of para-hydroxylation sites is 2. The van der Waals surface area contributed by atoms with Gasteiger partial charge in [0.15, 0.2) is 11.5 Å². The van der Waals surface area contributed by atoms with Gasteiger partial charge >= 0.3 is 0 Å². The third-order valence-corrected chi connectivity index (χ3v) is 7.02. The largest absolute Gasteiger partial charge is 0.497 e. The molecular formula is C30H24N6O3. The average Bonchev–Trinajstić information content (AvgIpc) is 3.58. The van der Waals surface area contributed by atoms with Gasteiger partial charge < -0.3 is 14.2 Å². The van der Waals surface area contributed by atoms with Crippen LogP contribution in [-0.2, 0) is 0 Å². The second-order valence-corrected chi connectivity index (χ2v) is 9.22. The molecule has 1 atom stereocenters. The summed E-state index contributed by atoms with van der Waals surface area (Å²) >= 11 is 0. The Morgan fingerprint density at radius 2 is 1.59 bits per heavy atom. The fraction of sp³-hybridized carbons (Fsp3) is 0.133. The molecule has 0 N–H and O–H groups in total. The Morgan fingerprint density at radius 3 is 2.36 bits per heavy atom. The molecule has 6 aromatic rings. The molecule has 0 amide bonds. The molecule has 0 aliphatic carbocycles. The van der Waals surface area contributed by atoms with Crippen molar-refractivity contribution in [3.8, 4) is 40.3 Å². The van der Waals surface area contributed by atoms with E-state index in [1.807, 2.05) is 84.4 Å². The van der Waals surface area contributed by atoms with Crippen LogP contribution in [0, 0.1) is 6.92 Å². The van der Waals surface area contributed by atoms with Crippen LogP contribution in [0.5, 0.6) is 23.3 Å². The average molecular weight is 517 g/mol. The van der Waals surface area contributed by atoms with Crippen molar-refractivity contribution >= 4 is 5.65 Å². The maximum Gasteiger partial charge on any atom is 0.230 e. The highest BCUT2D eigenvalue weighted by Crippen LogP contribution is 2.51. The van der Waals surface area contributed by atoms with Gasteiger partial charge in [-0.15, -0.1) is 5.10 Å². The van der Waals surface area contributed by atoms with E-state index in [2.05, 4.69) is 6.07 Å². The molecule has 9 nitrogen and oxygen atoms in total. The third kappa shape index (κ3) is 3.62. The van der Waals surface area contributed by atoms with E-state index < -0.39 is 0 Å². The van der Waals surface area contributed by atoms with Crippen LogP contribution >= 0.6 is 0 Å². The van der Waals surface area contributed by atoms with Crippen molar-refractivity contribution < 1.29 is 14.2 Å². The molecule has 0 saturated heterocycles. The minimum absolute atomic E-state index is 0.304. The van der Waals surface area contributed by atoms with Crippen LogP contribution in [0.4, 0.5) is 0 Å². The number of hydrogen-bond donors (Lipinski definition) is 0. The zero-order valence-electron chi connectivity index (χ0n) is 21.6. The first-order valence-electron chi connectivity index (χ1n) is 12.5. The summed E-state index contributed by atoms with van der Waals surface area (Å²) in [6.07, 6.45) is 1.63. The number of aromatic nitrogens is 6. The fourth-order valence-electron chi connectivity index (χ4n) is 5.20. The molecule has 0 radical (unpaired) electrons. The minimum atomic E-state index is -0.304. The van der Waals surface area contributed by atoms with Crippen molar-refractivity contribution in [2.75, 3.05) is 14.2 Å². The van der Waals surface area contributed by atoms with Crippen molar-refractivity contribution in [3.63, 3.8) is 0 Å². The summed E-state index contributed by atoms with van der Waals surface area (Å²) in [4.78, 5) is 9.67. The summed E-state index contributed by atoms with van der Waals surface area (Å²) in [5.74, 6) is 2.87. The van der Waals surface area contributed by atoms with E-state index in [4.69, 9.17) is 34.4 Å². The predicted molar refractivity (Wildman–Crippen MR) is 145 cm³/mol. The summed E-state index contributed by atoms with van der Waals surface area (Å²) in [7, 11) is 3.32. The number of nitrogens with zero attached hydrogens (tertiary/aromatic N) is 6. The summed E-state index contributed by atoms with van der Waals surface area (Å²) in [5.41, 5.74) is 5.95. The maximum atomic E-state index is 6.51. The van der Waals surface area contributed by atoms with Crippen LogP contribution in [0.2, 0.25) is 0 Å². The molecule has 3 aromatic carbocycles. The fourth-order valence-corrected chi connectivity index (χ4v) is 5.20. The van der Waals surface area contributed by atoms with Gasteiger partial charge in [0.05, 0.1) is 42.6 Å². The Labute approximate surface area is 224 Å². The lowest BCUT2D eigenvalue weighted by Crippen LogP contribution is -2.16. The SMILES string of the molecule is COc1ccc(-c2nc3c4c(ncn3n2)Oc2c(c(C)nn2-c2ccccc2)C4c2ccccc2OC)cc1. The standard InChI is InChI=1S/C30H24N6O3/c1-18-24-25(22-11-7-8-12-23(22)38-3)26-28-32-27(19-13-15-21(37-2)16-14-19)34-35(28)17-31-29(26)39-30(24)36(33-18)20-9-5-4-6-10-20/h4-17,25H,1-3H3. The van der Waals surface area contributed by atoms with Crippen molar-refractivity contribution in [2.24, 2.45) is 0 Å². The van der Waals surface area contributed by atoms with Gasteiger partial charge in [-0.2, -0.15) is 5.10 Å². The van der Waals surface area contributed by atoms with Gasteiger partial charge in [-0.05, 0) is 49.4 Å². The van der Waals surface area contributed by atoms with E-state index >= 15 is 0 Å². The van der Waals surface area contributed by atoms with Crippen LogP contribution < -0.4 is 14.2 Å². The van der Waals surface area contributed by atoms with Gasteiger partial charge in [-0.3, -0.25) is 0 Å². The quantitative estimate of drug-likeness (QED) is 0.295. The summed E-state index contributed by atoms with van der Waals surface area (Å²) < 4.78 is 21.2. The van der Waals surface area contributed by atoms with Crippen LogP contribution in [0.1, 0.15) is 28.3 Å². The molecule has 192 valence electrons. The van der Waals surface area contributed by atoms with E-state index in [1.54, 1.807) is 25.1 Å². The van der Waals surface area contributed by atoms with Gasteiger partial charge in [0, 0.05) is 11.1 Å². The molecule has 0 bridgehead atoms. The van der Waals surface area contributed by atoms with Crippen LogP contribution in [-0.4, -0.2) is 43.6 Å². The zero-order valence-corrected chi connectivity index (χ0v) is 21.6. The molecule has 4 heterocycles. The van der Waals surface area contributed by atoms with Gasteiger partial charge in [0.25, 0.3) is 0 Å². The lowest BCUT2D eigenvalue weighted by Gasteiger charge is -2.27. The number of fused-ring (bicyclic) bond motifs is 4. The van der Waals surface area contributed by atoms with E-state index in [-0.39, 0.29) is 5.92 Å². The van der Waals surface area contributed by atoms with Crippen molar-refractivity contribution in [3.05, 3.63) is 108 Å². The Kier molecular flexibility index (Phi) is 5.29. The van der Waals surface area contributed by atoms with Crippen LogP contribution in [0.25, 0.3) is 22.7 Å². The smallest absolute Gasteiger partial charge is 0.230 e. The molecular weight excluding hydrogens is 492 g/mol. The molecule has 1 aliphatic heterocycles.